The zero-order valence-corrected chi connectivity index (χ0v) is 4.36. The van der Waals surface area contributed by atoms with Gasteiger partial charge in [0.05, 0.1) is 0 Å². The summed E-state index contributed by atoms with van der Waals surface area (Å²) in [6.07, 6.45) is 0. The largest absolute Gasteiger partial charge is 0.366 e. The van der Waals surface area contributed by atoms with Crippen LogP contribution in [-0.4, -0.2) is 18.0 Å². The Labute approximate surface area is 37.7 Å². The molecule has 0 amide bonds. The molecular weight excluding hydrogens is 80.0 g/mol. The van der Waals surface area contributed by atoms with E-state index < -0.39 is 5.79 Å². The summed E-state index contributed by atoms with van der Waals surface area (Å²) >= 11 is 0. The summed E-state index contributed by atoms with van der Waals surface area (Å²) < 4.78 is 4.49. The highest BCUT2D eigenvalue weighted by Crippen LogP contribution is 1.97. The van der Waals surface area contributed by atoms with Crippen LogP contribution >= 0.6 is 0 Å². The molecule has 0 saturated carbocycles. The van der Waals surface area contributed by atoms with E-state index in [-0.39, 0.29) is 0 Å². The molecule has 0 aromatic rings. The predicted molar refractivity (Wildman–Crippen MR) is 23.3 cm³/mol. The van der Waals surface area contributed by atoms with E-state index >= 15 is 0 Å². The highest BCUT2D eigenvalue weighted by molar-refractivity contribution is 4.42. The summed E-state index contributed by atoms with van der Waals surface area (Å²) in [5.74, 6) is -0.958. The molecule has 0 heterocycles. The van der Waals surface area contributed by atoms with Crippen LogP contribution in [0.15, 0.2) is 0 Å². The normalized spacial score (nSPS) is 12.0. The van der Waals surface area contributed by atoms with Crippen molar-refractivity contribution in [3.05, 3.63) is 0 Å². The van der Waals surface area contributed by atoms with Crippen molar-refractivity contribution in [3.8, 4) is 0 Å². The third-order valence-corrected chi connectivity index (χ3v) is 0.500. The van der Waals surface area contributed by atoms with Gasteiger partial charge in [-0.3, -0.25) is 0 Å². The van der Waals surface area contributed by atoms with Crippen LogP contribution in [0.3, 0.4) is 0 Å². The predicted octanol–water partition coefficient (Wildman–Crippen LogP) is 0.361. The first-order valence-corrected chi connectivity index (χ1v) is 1.84. The quantitative estimate of drug-likeness (QED) is 0.471. The van der Waals surface area contributed by atoms with Gasteiger partial charge in [-0.25, -0.2) is 0 Å². The Morgan fingerprint density at radius 2 is 1.67 bits per heavy atom. The fourth-order valence-electron chi connectivity index (χ4n) is 0. The van der Waals surface area contributed by atoms with Crippen LogP contribution in [0.1, 0.15) is 13.8 Å². The molecule has 0 saturated heterocycles. The van der Waals surface area contributed by atoms with Crippen LogP contribution in [0.2, 0.25) is 0 Å². The van der Waals surface area contributed by atoms with Gasteiger partial charge < -0.3 is 9.84 Å². The van der Waals surface area contributed by atoms with Gasteiger partial charge in [0.15, 0.2) is 5.79 Å². The van der Waals surface area contributed by atoms with Crippen LogP contribution < -0.4 is 0 Å². The van der Waals surface area contributed by atoms with Crippen molar-refractivity contribution in [1.29, 1.82) is 0 Å². The molecular formula is C4H10O2. The Hall–Kier alpha value is -0.0800. The Kier molecular flexibility index (Phi) is 1.56. The number of hydrogen-bond donors (Lipinski definition) is 1. The second-order valence-electron chi connectivity index (χ2n) is 1.65. The minimum atomic E-state index is -0.958. The number of ether oxygens (including phenoxy) is 1. The number of aliphatic hydroxyl groups is 1. The van der Waals surface area contributed by atoms with Gasteiger partial charge in [-0.2, -0.15) is 0 Å². The van der Waals surface area contributed by atoms with Gasteiger partial charge >= 0.3 is 0 Å². The van der Waals surface area contributed by atoms with E-state index in [4.69, 9.17) is 5.11 Å². The lowest BCUT2D eigenvalue weighted by molar-refractivity contribution is -0.155. The topological polar surface area (TPSA) is 29.5 Å². The molecule has 1 N–H and O–H groups in total. The average Bonchev–Trinajstić information content (AvgIpc) is 1.35. The first-order chi connectivity index (χ1) is 2.56. The average molecular weight is 90.1 g/mol. The maximum Gasteiger partial charge on any atom is 0.159 e. The van der Waals surface area contributed by atoms with Gasteiger partial charge in [0.1, 0.15) is 0 Å². The highest BCUT2D eigenvalue weighted by atomic mass is 16.6. The molecule has 0 aliphatic heterocycles. The van der Waals surface area contributed by atoms with Gasteiger partial charge in [-0.1, -0.05) is 0 Å². The summed E-state index contributed by atoms with van der Waals surface area (Å²) in [5.41, 5.74) is 0. The summed E-state index contributed by atoms with van der Waals surface area (Å²) in [5, 5.41) is 8.60. The Balaban J connectivity index is 3.17. The molecule has 38 valence electrons. The zero-order chi connectivity index (χ0) is 5.21. The monoisotopic (exact) mass is 90.1 g/mol. The smallest absolute Gasteiger partial charge is 0.159 e. The molecule has 0 aromatic heterocycles. The van der Waals surface area contributed by atoms with E-state index in [2.05, 4.69) is 4.74 Å². The second-order valence-corrected chi connectivity index (χ2v) is 1.65. The fraction of sp³-hybridized carbons (Fsp3) is 1.00. The Bertz CT molecular complexity index is 35.3. The maximum absolute atomic E-state index is 8.60. The second kappa shape index (κ2) is 1.58. The molecule has 0 spiro atoms. The SMILES string of the molecule is COC(C)(C)O. The lowest BCUT2D eigenvalue weighted by atomic mass is 10.4. The summed E-state index contributed by atoms with van der Waals surface area (Å²) in [6.45, 7) is 3.15. The molecule has 6 heavy (non-hydrogen) atoms. The minimum Gasteiger partial charge on any atom is -0.366 e. The summed E-state index contributed by atoms with van der Waals surface area (Å²) in [7, 11) is 1.46. The lowest BCUT2D eigenvalue weighted by Crippen LogP contribution is -2.20. The number of methoxy groups -OCH3 is 1. The first-order valence-electron chi connectivity index (χ1n) is 1.84. The molecule has 0 aliphatic rings. The molecule has 0 bridgehead atoms. The van der Waals surface area contributed by atoms with Crippen LogP contribution in [0.25, 0.3) is 0 Å². The zero-order valence-electron chi connectivity index (χ0n) is 4.36. The van der Waals surface area contributed by atoms with Crippen molar-refractivity contribution in [2.75, 3.05) is 7.11 Å². The van der Waals surface area contributed by atoms with Gasteiger partial charge in [-0.15, -0.1) is 0 Å². The maximum atomic E-state index is 8.60. The highest BCUT2D eigenvalue weighted by Gasteiger charge is 2.06. The molecule has 0 rings (SSSR count). The fourth-order valence-corrected chi connectivity index (χ4v) is 0. The Morgan fingerprint density at radius 3 is 1.67 bits per heavy atom. The molecule has 2 nitrogen and oxygen atoms in total. The first kappa shape index (κ1) is 5.92. The van der Waals surface area contributed by atoms with Crippen molar-refractivity contribution in [1.82, 2.24) is 0 Å². The van der Waals surface area contributed by atoms with E-state index in [1.165, 1.54) is 7.11 Å². The van der Waals surface area contributed by atoms with E-state index in [9.17, 15) is 0 Å². The van der Waals surface area contributed by atoms with Gasteiger partial charge in [0.2, 0.25) is 0 Å². The number of rotatable bonds is 1. The summed E-state index contributed by atoms with van der Waals surface area (Å²) in [4.78, 5) is 0. The standard InChI is InChI=1S/C4H10O2/c1-4(2,5)6-3/h5H,1-3H3. The molecule has 2 heteroatoms. The van der Waals surface area contributed by atoms with Gasteiger partial charge in [0, 0.05) is 7.11 Å². The lowest BCUT2D eigenvalue weighted by Gasteiger charge is -2.12. The van der Waals surface area contributed by atoms with E-state index in [1.54, 1.807) is 13.8 Å². The summed E-state index contributed by atoms with van der Waals surface area (Å²) in [6, 6.07) is 0. The molecule has 0 atom stereocenters. The Morgan fingerprint density at radius 1 is 1.50 bits per heavy atom. The van der Waals surface area contributed by atoms with Crippen molar-refractivity contribution in [3.63, 3.8) is 0 Å². The number of hydrogen-bond acceptors (Lipinski definition) is 2. The molecule has 0 aliphatic carbocycles. The van der Waals surface area contributed by atoms with Gasteiger partial charge in [0.25, 0.3) is 0 Å². The van der Waals surface area contributed by atoms with Crippen molar-refractivity contribution in [2.45, 2.75) is 19.6 Å². The molecule has 0 aromatic carbocycles. The van der Waals surface area contributed by atoms with Crippen LogP contribution in [0.4, 0.5) is 0 Å². The van der Waals surface area contributed by atoms with E-state index in [0.29, 0.717) is 0 Å². The van der Waals surface area contributed by atoms with Crippen molar-refractivity contribution >= 4 is 0 Å². The van der Waals surface area contributed by atoms with Crippen molar-refractivity contribution < 1.29 is 9.84 Å². The van der Waals surface area contributed by atoms with Crippen molar-refractivity contribution in [2.24, 2.45) is 0 Å². The van der Waals surface area contributed by atoms with E-state index in [0.717, 1.165) is 0 Å². The third kappa shape index (κ3) is 3.92. The van der Waals surface area contributed by atoms with E-state index in [1.807, 2.05) is 0 Å². The van der Waals surface area contributed by atoms with Crippen LogP contribution in [-0.2, 0) is 4.74 Å². The molecule has 0 fully saturated rings. The molecule has 0 unspecified atom stereocenters. The third-order valence-electron chi connectivity index (χ3n) is 0.500. The minimum absolute atomic E-state index is 0.958. The van der Waals surface area contributed by atoms with Crippen LogP contribution in [0, 0.1) is 0 Å². The van der Waals surface area contributed by atoms with Crippen LogP contribution in [0.5, 0.6) is 0 Å². The molecule has 0 radical (unpaired) electrons. The van der Waals surface area contributed by atoms with Gasteiger partial charge in [-0.05, 0) is 13.8 Å².